The minimum absolute atomic E-state index is 0.0676. The van der Waals surface area contributed by atoms with E-state index in [-0.39, 0.29) is 5.91 Å². The minimum Gasteiger partial charge on any atom is -0.496 e. The van der Waals surface area contributed by atoms with Crippen LogP contribution in [-0.4, -0.2) is 29.4 Å². The maximum Gasteiger partial charge on any atom is 0.254 e. The Labute approximate surface area is 148 Å². The molecule has 0 aliphatic heterocycles. The Kier molecular flexibility index (Phi) is 4.85. The topological polar surface area (TPSA) is 55.6 Å². The van der Waals surface area contributed by atoms with Gasteiger partial charge in [-0.15, -0.1) is 0 Å². The Morgan fingerprint density at radius 3 is 2.71 bits per heavy atom. The summed E-state index contributed by atoms with van der Waals surface area (Å²) in [5.74, 6) is 0.548. The molecule has 0 atom stereocenters. The second-order valence-electron chi connectivity index (χ2n) is 5.32. The van der Waals surface area contributed by atoms with E-state index in [1.54, 1.807) is 36.5 Å². The number of carbonyl (C=O) groups is 1. The molecule has 0 radical (unpaired) electrons. The van der Waals surface area contributed by atoms with Crippen LogP contribution in [0, 0.1) is 0 Å². The molecule has 3 aromatic rings. The first-order valence-corrected chi connectivity index (χ1v) is 8.37. The van der Waals surface area contributed by atoms with Crippen molar-refractivity contribution in [2.24, 2.45) is 0 Å². The van der Waals surface area contributed by atoms with E-state index >= 15 is 0 Å². The van der Waals surface area contributed by atoms with Crippen molar-refractivity contribution in [3.63, 3.8) is 0 Å². The van der Waals surface area contributed by atoms with Gasteiger partial charge in [0.25, 0.3) is 5.91 Å². The predicted molar refractivity (Wildman–Crippen MR) is 95.1 cm³/mol. The molecule has 0 saturated carbocycles. The van der Waals surface area contributed by atoms with Crippen molar-refractivity contribution in [2.45, 2.75) is 13.5 Å². The number of halogens is 1. The Morgan fingerprint density at radius 1 is 1.29 bits per heavy atom. The van der Waals surface area contributed by atoms with E-state index in [1.807, 2.05) is 25.1 Å². The minimum atomic E-state index is -0.0676. The molecule has 2 aromatic heterocycles. The molecule has 124 valence electrons. The molecule has 24 heavy (non-hydrogen) atoms. The SMILES string of the molecule is CCN(Cc1ccncc1)C(=O)c1cc(OC)c2cc(Br)oc2c1. The summed E-state index contributed by atoms with van der Waals surface area (Å²) < 4.78 is 11.6. The first-order chi connectivity index (χ1) is 11.6. The van der Waals surface area contributed by atoms with Crippen LogP contribution >= 0.6 is 15.9 Å². The molecule has 0 aliphatic rings. The lowest BCUT2D eigenvalue weighted by Crippen LogP contribution is -2.30. The van der Waals surface area contributed by atoms with Gasteiger partial charge < -0.3 is 14.1 Å². The molecule has 0 bridgehead atoms. The van der Waals surface area contributed by atoms with Crippen LogP contribution in [0.15, 0.2) is 51.8 Å². The maximum atomic E-state index is 12.9. The van der Waals surface area contributed by atoms with Gasteiger partial charge in [0, 0.05) is 37.1 Å². The van der Waals surface area contributed by atoms with Crippen LogP contribution in [-0.2, 0) is 6.54 Å². The number of carbonyl (C=O) groups excluding carboxylic acids is 1. The van der Waals surface area contributed by atoms with Gasteiger partial charge >= 0.3 is 0 Å². The molecule has 0 saturated heterocycles. The van der Waals surface area contributed by atoms with Crippen LogP contribution in [0.4, 0.5) is 0 Å². The molecule has 6 heteroatoms. The Hall–Kier alpha value is -2.34. The predicted octanol–water partition coefficient (Wildman–Crippen LogP) is 4.26. The molecular weight excluding hydrogens is 372 g/mol. The fourth-order valence-corrected chi connectivity index (χ4v) is 2.99. The quantitative estimate of drug-likeness (QED) is 0.654. The number of hydrogen-bond acceptors (Lipinski definition) is 4. The fraction of sp³-hybridized carbons (Fsp3) is 0.222. The maximum absolute atomic E-state index is 12.9. The van der Waals surface area contributed by atoms with Crippen LogP contribution in [0.3, 0.4) is 0 Å². The number of fused-ring (bicyclic) bond motifs is 1. The summed E-state index contributed by atoms with van der Waals surface area (Å²) in [6, 6.07) is 9.14. The molecule has 0 fully saturated rings. The van der Waals surface area contributed by atoms with Crippen molar-refractivity contribution < 1.29 is 13.9 Å². The highest BCUT2D eigenvalue weighted by molar-refractivity contribution is 9.10. The van der Waals surface area contributed by atoms with Crippen LogP contribution in [0.5, 0.6) is 5.75 Å². The number of benzene rings is 1. The lowest BCUT2D eigenvalue weighted by Gasteiger charge is -2.21. The van der Waals surface area contributed by atoms with Gasteiger partial charge in [0.2, 0.25) is 0 Å². The molecule has 5 nitrogen and oxygen atoms in total. The van der Waals surface area contributed by atoms with Gasteiger partial charge in [-0.2, -0.15) is 0 Å². The van der Waals surface area contributed by atoms with Gasteiger partial charge in [0.05, 0.1) is 12.5 Å². The molecule has 1 amide bonds. The molecule has 0 aliphatic carbocycles. The van der Waals surface area contributed by atoms with E-state index in [1.165, 1.54) is 0 Å². The van der Waals surface area contributed by atoms with Crippen molar-refractivity contribution in [3.05, 3.63) is 58.5 Å². The number of furan rings is 1. The third-order valence-corrected chi connectivity index (χ3v) is 4.22. The van der Waals surface area contributed by atoms with Crippen LogP contribution in [0.1, 0.15) is 22.8 Å². The van der Waals surface area contributed by atoms with E-state index in [0.717, 1.165) is 10.9 Å². The van der Waals surface area contributed by atoms with Crippen molar-refractivity contribution in [3.8, 4) is 5.75 Å². The summed E-state index contributed by atoms with van der Waals surface area (Å²) in [6.07, 6.45) is 3.45. The normalized spacial score (nSPS) is 10.8. The summed E-state index contributed by atoms with van der Waals surface area (Å²) in [5, 5.41) is 0.832. The number of rotatable bonds is 5. The average molecular weight is 389 g/mol. The average Bonchev–Trinajstić information content (AvgIpc) is 2.99. The molecular formula is C18H17BrN2O3. The van der Waals surface area contributed by atoms with Gasteiger partial charge in [-0.05, 0) is 52.7 Å². The third kappa shape index (κ3) is 3.28. The smallest absolute Gasteiger partial charge is 0.254 e. The van der Waals surface area contributed by atoms with Crippen molar-refractivity contribution in [1.82, 2.24) is 9.88 Å². The zero-order valence-corrected chi connectivity index (χ0v) is 15.0. The molecule has 1 aromatic carbocycles. The highest BCUT2D eigenvalue weighted by atomic mass is 79.9. The molecule has 0 N–H and O–H groups in total. The van der Waals surface area contributed by atoms with Crippen molar-refractivity contribution in [1.29, 1.82) is 0 Å². The van der Waals surface area contributed by atoms with Crippen LogP contribution in [0.2, 0.25) is 0 Å². The number of amides is 1. The Morgan fingerprint density at radius 2 is 2.04 bits per heavy atom. The lowest BCUT2D eigenvalue weighted by atomic mass is 10.1. The van der Waals surface area contributed by atoms with E-state index in [0.29, 0.717) is 34.7 Å². The fourth-order valence-electron chi connectivity index (χ4n) is 2.59. The summed E-state index contributed by atoms with van der Waals surface area (Å²) in [4.78, 5) is 18.7. The summed E-state index contributed by atoms with van der Waals surface area (Å²) in [7, 11) is 1.58. The first kappa shape index (κ1) is 16.5. The number of pyridine rings is 1. The van der Waals surface area contributed by atoms with Gasteiger partial charge in [0.1, 0.15) is 11.3 Å². The van der Waals surface area contributed by atoms with E-state index in [4.69, 9.17) is 9.15 Å². The van der Waals surface area contributed by atoms with Gasteiger partial charge in [0.15, 0.2) is 4.67 Å². The molecule has 2 heterocycles. The van der Waals surface area contributed by atoms with Crippen molar-refractivity contribution >= 4 is 32.8 Å². The number of aromatic nitrogens is 1. The summed E-state index contributed by atoms with van der Waals surface area (Å²) in [6.45, 7) is 3.09. The Balaban J connectivity index is 1.94. The molecule has 3 rings (SSSR count). The zero-order valence-electron chi connectivity index (χ0n) is 13.5. The third-order valence-electron chi connectivity index (χ3n) is 3.83. The number of hydrogen-bond donors (Lipinski definition) is 0. The lowest BCUT2D eigenvalue weighted by molar-refractivity contribution is 0.0752. The second-order valence-corrected chi connectivity index (χ2v) is 6.10. The number of nitrogens with zero attached hydrogens (tertiary/aromatic N) is 2. The standard InChI is InChI=1S/C18H17BrN2O3/c1-3-21(11-12-4-6-20-7-5-12)18(22)13-8-15(23-2)14-10-17(19)24-16(14)9-13/h4-10H,3,11H2,1-2H3. The number of ether oxygens (including phenoxy) is 1. The largest absolute Gasteiger partial charge is 0.496 e. The monoisotopic (exact) mass is 388 g/mol. The van der Waals surface area contributed by atoms with Crippen molar-refractivity contribution in [2.75, 3.05) is 13.7 Å². The van der Waals surface area contributed by atoms with E-state index in [2.05, 4.69) is 20.9 Å². The zero-order chi connectivity index (χ0) is 17.1. The first-order valence-electron chi connectivity index (χ1n) is 7.57. The number of methoxy groups -OCH3 is 1. The van der Waals surface area contributed by atoms with Gasteiger partial charge in [-0.25, -0.2) is 0 Å². The van der Waals surface area contributed by atoms with E-state index < -0.39 is 0 Å². The van der Waals surface area contributed by atoms with Crippen LogP contribution in [0.25, 0.3) is 11.0 Å². The molecule has 0 spiro atoms. The van der Waals surface area contributed by atoms with Crippen LogP contribution < -0.4 is 4.74 Å². The van der Waals surface area contributed by atoms with Gasteiger partial charge in [-0.3, -0.25) is 9.78 Å². The Bertz CT molecular complexity index is 861. The highest BCUT2D eigenvalue weighted by Gasteiger charge is 2.18. The van der Waals surface area contributed by atoms with Gasteiger partial charge in [-0.1, -0.05) is 0 Å². The summed E-state index contributed by atoms with van der Waals surface area (Å²) >= 11 is 3.31. The second kappa shape index (κ2) is 7.05. The summed E-state index contributed by atoms with van der Waals surface area (Å²) in [5.41, 5.74) is 2.19. The van der Waals surface area contributed by atoms with E-state index in [9.17, 15) is 4.79 Å². The molecule has 0 unspecified atom stereocenters. The highest BCUT2D eigenvalue weighted by Crippen LogP contribution is 2.33.